The molecule has 0 saturated carbocycles. The number of aromatic nitrogens is 2. The van der Waals surface area contributed by atoms with Gasteiger partial charge in [-0.3, -0.25) is 9.48 Å². The maximum absolute atomic E-state index is 11.6. The molecule has 0 amide bonds. The third-order valence-corrected chi connectivity index (χ3v) is 4.16. The Balaban J connectivity index is 2.31. The Hall–Kier alpha value is -2.14. The second kappa shape index (κ2) is 7.83. The molecule has 1 aromatic heterocycles. The fourth-order valence-corrected chi connectivity index (χ4v) is 2.40. The van der Waals surface area contributed by atoms with E-state index in [1.807, 2.05) is 35.0 Å². The molecule has 0 unspecified atom stereocenters. The normalized spacial score (nSPS) is 11.8. The van der Waals surface area contributed by atoms with Crippen molar-refractivity contribution in [2.75, 3.05) is 7.11 Å². The predicted molar refractivity (Wildman–Crippen MR) is 98.6 cm³/mol. The van der Waals surface area contributed by atoms with E-state index in [0.29, 0.717) is 12.5 Å². The average Bonchev–Trinajstić information content (AvgIpc) is 2.95. The fraction of sp³-hybridized carbons (Fsp3) is 0.500. The number of ether oxygens (including phenoxy) is 2. The molecule has 0 saturated heterocycles. The number of benzene rings is 1. The lowest BCUT2D eigenvalue weighted by atomic mass is 10.1. The average molecular weight is 344 g/mol. The molecule has 0 atom stereocenters. The maximum atomic E-state index is 11.6. The van der Waals surface area contributed by atoms with Crippen LogP contribution in [0.4, 0.5) is 0 Å². The van der Waals surface area contributed by atoms with Crippen molar-refractivity contribution in [3.8, 4) is 17.0 Å². The number of methoxy groups -OCH3 is 1. The lowest BCUT2D eigenvalue weighted by molar-refractivity contribution is -0.139. The van der Waals surface area contributed by atoms with Crippen LogP contribution >= 0.6 is 0 Å². The number of hydrogen-bond donors (Lipinski definition) is 0. The number of ketones is 1. The molecule has 0 fully saturated rings. The van der Waals surface area contributed by atoms with Crippen molar-refractivity contribution in [2.45, 2.75) is 53.4 Å². The predicted octanol–water partition coefficient (Wildman–Crippen LogP) is 4.10. The van der Waals surface area contributed by atoms with E-state index in [1.165, 1.54) is 0 Å². The number of Topliss-reactive ketones (excluding diaryl/α,β-unsaturated/α-hetero) is 1. The summed E-state index contributed by atoms with van der Waals surface area (Å²) in [6.45, 7) is 10.5. The third-order valence-electron chi connectivity index (χ3n) is 4.16. The molecule has 1 aromatic carbocycles. The minimum absolute atomic E-state index is 0.00197. The van der Waals surface area contributed by atoms with Crippen LogP contribution in [0.15, 0.2) is 30.3 Å². The van der Waals surface area contributed by atoms with E-state index in [1.54, 1.807) is 27.9 Å². The minimum Gasteiger partial charge on any atom is -0.497 e. The molecule has 0 aliphatic carbocycles. The minimum atomic E-state index is -0.808. The van der Waals surface area contributed by atoms with E-state index in [4.69, 9.17) is 9.47 Å². The molecule has 5 heteroatoms. The van der Waals surface area contributed by atoms with E-state index < -0.39 is 5.60 Å². The topological polar surface area (TPSA) is 53.4 Å². The summed E-state index contributed by atoms with van der Waals surface area (Å²) in [5, 5.41) is 4.68. The van der Waals surface area contributed by atoms with Gasteiger partial charge in [0.25, 0.3) is 0 Å². The Morgan fingerprint density at radius 2 is 2.00 bits per heavy atom. The van der Waals surface area contributed by atoms with Crippen molar-refractivity contribution >= 4 is 5.78 Å². The van der Waals surface area contributed by atoms with E-state index >= 15 is 0 Å². The summed E-state index contributed by atoms with van der Waals surface area (Å²) in [6.07, 6.45) is 0. The van der Waals surface area contributed by atoms with E-state index in [2.05, 4.69) is 18.9 Å². The molecular formula is C20H28N2O3. The lowest BCUT2D eigenvalue weighted by Crippen LogP contribution is -2.32. The quantitative estimate of drug-likeness (QED) is 0.723. The summed E-state index contributed by atoms with van der Waals surface area (Å²) in [6, 6.07) is 9.95. The molecule has 0 aliphatic rings. The molecular weight excluding hydrogens is 316 g/mol. The van der Waals surface area contributed by atoms with Crippen LogP contribution in [0, 0.1) is 5.92 Å². The summed E-state index contributed by atoms with van der Waals surface area (Å²) < 4.78 is 13.1. The second-order valence-corrected chi connectivity index (χ2v) is 7.18. The molecule has 0 spiro atoms. The summed E-state index contributed by atoms with van der Waals surface area (Å²) >= 11 is 0. The standard InChI is InChI=1S/C20H28N2O3/c1-14(2)12-22-19(16-8-7-9-18(10-16)24-6)11-17(21-22)13-25-20(4,5)15(3)23/h7-11,14H,12-13H2,1-6H3. The second-order valence-electron chi connectivity index (χ2n) is 7.18. The molecule has 136 valence electrons. The van der Waals surface area contributed by atoms with Gasteiger partial charge < -0.3 is 9.47 Å². The van der Waals surface area contributed by atoms with Crippen LogP contribution in [0.25, 0.3) is 11.3 Å². The summed E-state index contributed by atoms with van der Waals surface area (Å²) in [7, 11) is 1.66. The number of rotatable bonds is 8. The summed E-state index contributed by atoms with van der Waals surface area (Å²) in [4.78, 5) is 11.6. The van der Waals surface area contributed by atoms with Crippen LogP contribution in [0.3, 0.4) is 0 Å². The van der Waals surface area contributed by atoms with Crippen LogP contribution < -0.4 is 4.74 Å². The Kier molecular flexibility index (Phi) is 6.01. The molecule has 0 bridgehead atoms. The van der Waals surface area contributed by atoms with Crippen LogP contribution in [0.2, 0.25) is 0 Å². The molecule has 0 aliphatic heterocycles. The van der Waals surface area contributed by atoms with Gasteiger partial charge in [0.15, 0.2) is 5.78 Å². The third kappa shape index (κ3) is 4.92. The number of carbonyl (C=O) groups is 1. The number of nitrogens with zero attached hydrogens (tertiary/aromatic N) is 2. The van der Waals surface area contributed by atoms with Gasteiger partial charge in [-0.05, 0) is 44.9 Å². The first-order valence-corrected chi connectivity index (χ1v) is 8.59. The van der Waals surface area contributed by atoms with Crippen LogP contribution in [0.1, 0.15) is 40.3 Å². The zero-order chi connectivity index (χ0) is 18.6. The molecule has 2 rings (SSSR count). The van der Waals surface area contributed by atoms with E-state index in [-0.39, 0.29) is 5.78 Å². The van der Waals surface area contributed by atoms with Crippen LogP contribution in [-0.4, -0.2) is 28.3 Å². The Morgan fingerprint density at radius 3 is 2.60 bits per heavy atom. The first-order chi connectivity index (χ1) is 11.7. The Bertz CT molecular complexity index is 732. The molecule has 5 nitrogen and oxygen atoms in total. The van der Waals surface area contributed by atoms with E-state index in [0.717, 1.165) is 29.2 Å². The van der Waals surface area contributed by atoms with Gasteiger partial charge in [-0.1, -0.05) is 26.0 Å². The van der Waals surface area contributed by atoms with Gasteiger partial charge >= 0.3 is 0 Å². The summed E-state index contributed by atoms with van der Waals surface area (Å²) in [5.74, 6) is 1.28. The Morgan fingerprint density at radius 1 is 1.28 bits per heavy atom. The Labute approximate surface area is 149 Å². The zero-order valence-electron chi connectivity index (χ0n) is 16.0. The molecule has 0 N–H and O–H groups in total. The number of carbonyl (C=O) groups excluding carboxylic acids is 1. The van der Waals surface area contributed by atoms with Crippen molar-refractivity contribution in [1.82, 2.24) is 9.78 Å². The molecule has 25 heavy (non-hydrogen) atoms. The highest BCUT2D eigenvalue weighted by atomic mass is 16.5. The smallest absolute Gasteiger partial charge is 0.161 e. The first kappa shape index (κ1) is 19.2. The van der Waals surface area contributed by atoms with Crippen molar-refractivity contribution in [1.29, 1.82) is 0 Å². The van der Waals surface area contributed by atoms with Gasteiger partial charge in [-0.25, -0.2) is 0 Å². The van der Waals surface area contributed by atoms with Gasteiger partial charge in [0.2, 0.25) is 0 Å². The highest BCUT2D eigenvalue weighted by molar-refractivity contribution is 5.83. The number of hydrogen-bond acceptors (Lipinski definition) is 4. The highest BCUT2D eigenvalue weighted by Crippen LogP contribution is 2.26. The van der Waals surface area contributed by atoms with Crippen LogP contribution in [-0.2, 0) is 22.7 Å². The van der Waals surface area contributed by atoms with Crippen LogP contribution in [0.5, 0.6) is 5.75 Å². The SMILES string of the molecule is COc1cccc(-c2cc(COC(C)(C)C(C)=O)nn2CC(C)C)c1. The first-order valence-electron chi connectivity index (χ1n) is 8.59. The van der Waals surface area contributed by atoms with Crippen molar-refractivity contribution in [3.63, 3.8) is 0 Å². The molecule has 2 aromatic rings. The zero-order valence-corrected chi connectivity index (χ0v) is 16.0. The molecule has 1 heterocycles. The van der Waals surface area contributed by atoms with Gasteiger partial charge in [-0.2, -0.15) is 5.10 Å². The highest BCUT2D eigenvalue weighted by Gasteiger charge is 2.25. The largest absolute Gasteiger partial charge is 0.497 e. The van der Waals surface area contributed by atoms with Crippen molar-refractivity contribution in [3.05, 3.63) is 36.0 Å². The monoisotopic (exact) mass is 344 g/mol. The van der Waals surface area contributed by atoms with Gasteiger partial charge in [0.1, 0.15) is 11.4 Å². The van der Waals surface area contributed by atoms with Gasteiger partial charge in [-0.15, -0.1) is 0 Å². The van der Waals surface area contributed by atoms with Crippen molar-refractivity contribution in [2.24, 2.45) is 5.92 Å². The summed E-state index contributed by atoms with van der Waals surface area (Å²) in [5.41, 5.74) is 2.07. The van der Waals surface area contributed by atoms with Gasteiger partial charge in [0, 0.05) is 12.1 Å². The van der Waals surface area contributed by atoms with E-state index in [9.17, 15) is 4.79 Å². The van der Waals surface area contributed by atoms with Gasteiger partial charge in [0.05, 0.1) is 25.1 Å². The fourth-order valence-electron chi connectivity index (χ4n) is 2.40. The maximum Gasteiger partial charge on any atom is 0.161 e. The lowest BCUT2D eigenvalue weighted by Gasteiger charge is -2.21. The molecule has 0 radical (unpaired) electrons. The van der Waals surface area contributed by atoms with Crippen molar-refractivity contribution < 1.29 is 14.3 Å².